The summed E-state index contributed by atoms with van der Waals surface area (Å²) in [5.41, 5.74) is 0. The summed E-state index contributed by atoms with van der Waals surface area (Å²) >= 11 is 0. The number of halogens is 3. The number of hydrogen-bond acceptors (Lipinski definition) is 3. The number of hydrogen-bond donors (Lipinski definition) is 3. The molecule has 3 N–H and O–H groups in total. The molecule has 3 atom stereocenters. The van der Waals surface area contributed by atoms with Crippen molar-refractivity contribution in [1.29, 1.82) is 0 Å². The van der Waals surface area contributed by atoms with Gasteiger partial charge in [0.15, 0.2) is 0 Å². The lowest BCUT2D eigenvalue weighted by molar-refractivity contribution is -0.173. The van der Waals surface area contributed by atoms with E-state index in [1.807, 2.05) is 5.32 Å². The average molecular weight is 336 g/mol. The number of carbonyl (C=O) groups excluding carboxylic acids is 2. The lowest BCUT2D eigenvalue weighted by Gasteiger charge is -2.29. The van der Waals surface area contributed by atoms with Crippen molar-refractivity contribution in [2.45, 2.75) is 69.8 Å². The molecule has 0 spiro atoms. The van der Waals surface area contributed by atoms with Crippen LogP contribution < -0.4 is 10.6 Å². The molecule has 2 saturated carbocycles. The van der Waals surface area contributed by atoms with Gasteiger partial charge >= 0.3 is 6.18 Å². The fourth-order valence-corrected chi connectivity index (χ4v) is 3.02. The van der Waals surface area contributed by atoms with E-state index in [-0.39, 0.29) is 5.92 Å². The Morgan fingerprint density at radius 3 is 2.09 bits per heavy atom. The number of rotatable bonds is 6. The third-order valence-corrected chi connectivity index (χ3v) is 4.53. The molecule has 8 heteroatoms. The van der Waals surface area contributed by atoms with Crippen molar-refractivity contribution in [1.82, 2.24) is 10.6 Å². The second-order valence-corrected chi connectivity index (χ2v) is 6.57. The van der Waals surface area contributed by atoms with E-state index in [1.165, 1.54) is 6.92 Å². The van der Waals surface area contributed by atoms with Crippen LogP contribution in [0.25, 0.3) is 0 Å². The van der Waals surface area contributed by atoms with Gasteiger partial charge in [0.25, 0.3) is 0 Å². The van der Waals surface area contributed by atoms with Crippen molar-refractivity contribution in [3.05, 3.63) is 0 Å². The Bertz CT molecular complexity index is 444. The van der Waals surface area contributed by atoms with Crippen LogP contribution in [0, 0.1) is 11.8 Å². The number of carbonyl (C=O) groups is 2. The summed E-state index contributed by atoms with van der Waals surface area (Å²) in [6.45, 7) is 1.27. The van der Waals surface area contributed by atoms with Crippen LogP contribution in [0.4, 0.5) is 13.2 Å². The third kappa shape index (κ3) is 4.83. The van der Waals surface area contributed by atoms with Gasteiger partial charge in [0.2, 0.25) is 11.8 Å². The van der Waals surface area contributed by atoms with E-state index < -0.39 is 42.1 Å². The van der Waals surface area contributed by atoms with Gasteiger partial charge in [-0.25, -0.2) is 0 Å². The van der Waals surface area contributed by atoms with E-state index in [4.69, 9.17) is 0 Å². The molecule has 2 fully saturated rings. The molecule has 0 aromatic rings. The summed E-state index contributed by atoms with van der Waals surface area (Å²) in [6, 6.07) is -3.30. The molecule has 0 radical (unpaired) electrons. The van der Waals surface area contributed by atoms with Crippen molar-refractivity contribution >= 4 is 11.8 Å². The van der Waals surface area contributed by atoms with E-state index in [2.05, 4.69) is 5.32 Å². The van der Waals surface area contributed by atoms with Crippen LogP contribution in [-0.4, -0.2) is 41.3 Å². The first-order valence-corrected chi connectivity index (χ1v) is 8.05. The molecule has 2 rings (SSSR count). The minimum absolute atomic E-state index is 0.197. The number of aliphatic hydroxyl groups is 1. The quantitative estimate of drug-likeness (QED) is 0.688. The van der Waals surface area contributed by atoms with Gasteiger partial charge < -0.3 is 15.7 Å². The van der Waals surface area contributed by atoms with Gasteiger partial charge in [-0.15, -0.1) is 0 Å². The highest BCUT2D eigenvalue weighted by atomic mass is 19.4. The second kappa shape index (κ2) is 7.07. The Morgan fingerprint density at radius 2 is 1.65 bits per heavy atom. The molecule has 5 nitrogen and oxygen atoms in total. The minimum atomic E-state index is -4.55. The number of amides is 2. The van der Waals surface area contributed by atoms with E-state index >= 15 is 0 Å². The fraction of sp³-hybridized carbons (Fsp3) is 0.867. The van der Waals surface area contributed by atoms with Gasteiger partial charge in [-0.2, -0.15) is 13.2 Å². The molecule has 0 aromatic carbocycles. The standard InChI is InChI=1S/C15H23F3N2O3/c1-8(21)11(19-13(22)10-6-7-10)14(23)20-12(15(16,17)18)9-4-2-3-5-9/h8-12,21H,2-7H2,1H3,(H,19,22)(H,20,23). The Kier molecular flexibility index (Phi) is 5.54. The molecule has 2 aliphatic carbocycles. The summed E-state index contributed by atoms with van der Waals surface area (Å²) in [5, 5.41) is 14.0. The maximum absolute atomic E-state index is 13.2. The average Bonchev–Trinajstić information content (AvgIpc) is 3.16. The van der Waals surface area contributed by atoms with Gasteiger partial charge in [0.1, 0.15) is 12.1 Å². The first-order valence-electron chi connectivity index (χ1n) is 8.05. The van der Waals surface area contributed by atoms with Gasteiger partial charge in [-0.05, 0) is 38.5 Å². The maximum atomic E-state index is 13.2. The Balaban J connectivity index is 2.03. The predicted octanol–water partition coefficient (Wildman–Crippen LogP) is 1.50. The molecule has 0 aromatic heterocycles. The van der Waals surface area contributed by atoms with Crippen LogP contribution in [0.2, 0.25) is 0 Å². The topological polar surface area (TPSA) is 78.4 Å². The highest BCUT2D eigenvalue weighted by molar-refractivity contribution is 5.90. The maximum Gasteiger partial charge on any atom is 0.408 e. The monoisotopic (exact) mass is 336 g/mol. The lowest BCUT2D eigenvalue weighted by Crippen LogP contribution is -2.58. The molecule has 0 heterocycles. The second-order valence-electron chi connectivity index (χ2n) is 6.57. The zero-order chi connectivity index (χ0) is 17.2. The molecular weight excluding hydrogens is 313 g/mol. The summed E-state index contributed by atoms with van der Waals surface area (Å²) in [5.74, 6) is -2.22. The van der Waals surface area contributed by atoms with Crippen molar-refractivity contribution in [3.63, 3.8) is 0 Å². The van der Waals surface area contributed by atoms with E-state index in [0.717, 1.165) is 0 Å². The summed E-state index contributed by atoms with van der Waals surface area (Å²) in [7, 11) is 0. The Hall–Kier alpha value is -1.31. The number of alkyl halides is 3. The van der Waals surface area contributed by atoms with Crippen LogP contribution in [0.5, 0.6) is 0 Å². The van der Waals surface area contributed by atoms with E-state index in [0.29, 0.717) is 38.5 Å². The van der Waals surface area contributed by atoms with Gasteiger partial charge in [0.05, 0.1) is 6.10 Å². The number of aliphatic hydroxyl groups excluding tert-OH is 1. The summed E-state index contributed by atoms with van der Waals surface area (Å²) in [4.78, 5) is 23.9. The van der Waals surface area contributed by atoms with Crippen molar-refractivity contribution < 1.29 is 27.9 Å². The lowest BCUT2D eigenvalue weighted by atomic mass is 9.97. The van der Waals surface area contributed by atoms with E-state index in [9.17, 15) is 27.9 Å². The van der Waals surface area contributed by atoms with Crippen molar-refractivity contribution in [2.24, 2.45) is 11.8 Å². The summed E-state index contributed by atoms with van der Waals surface area (Å²) in [6.07, 6.45) is -2.16. The smallest absolute Gasteiger partial charge is 0.391 e. The third-order valence-electron chi connectivity index (χ3n) is 4.53. The molecule has 2 aliphatic rings. The van der Waals surface area contributed by atoms with Crippen LogP contribution in [-0.2, 0) is 9.59 Å². The van der Waals surface area contributed by atoms with Crippen LogP contribution in [0.1, 0.15) is 45.4 Å². The molecule has 2 amide bonds. The highest BCUT2D eigenvalue weighted by Gasteiger charge is 2.47. The van der Waals surface area contributed by atoms with E-state index in [1.54, 1.807) is 0 Å². The van der Waals surface area contributed by atoms with Gasteiger partial charge in [-0.1, -0.05) is 12.8 Å². The van der Waals surface area contributed by atoms with Gasteiger partial charge in [0, 0.05) is 5.92 Å². The van der Waals surface area contributed by atoms with Crippen molar-refractivity contribution in [2.75, 3.05) is 0 Å². The number of nitrogens with one attached hydrogen (secondary N) is 2. The molecule has 23 heavy (non-hydrogen) atoms. The molecular formula is C15H23F3N2O3. The zero-order valence-electron chi connectivity index (χ0n) is 13.0. The molecule has 3 unspecified atom stereocenters. The minimum Gasteiger partial charge on any atom is -0.391 e. The van der Waals surface area contributed by atoms with Gasteiger partial charge in [-0.3, -0.25) is 9.59 Å². The zero-order valence-corrected chi connectivity index (χ0v) is 13.0. The van der Waals surface area contributed by atoms with Crippen LogP contribution >= 0.6 is 0 Å². The molecule has 0 aliphatic heterocycles. The molecule has 0 bridgehead atoms. The fourth-order valence-electron chi connectivity index (χ4n) is 3.02. The first kappa shape index (κ1) is 18.0. The first-order chi connectivity index (χ1) is 10.7. The SMILES string of the molecule is CC(O)C(NC(=O)C1CC1)C(=O)NC(C1CCCC1)C(F)(F)F. The Morgan fingerprint density at radius 1 is 1.09 bits per heavy atom. The summed E-state index contributed by atoms with van der Waals surface area (Å²) < 4.78 is 39.7. The largest absolute Gasteiger partial charge is 0.408 e. The van der Waals surface area contributed by atoms with Crippen LogP contribution in [0.15, 0.2) is 0 Å². The van der Waals surface area contributed by atoms with Crippen LogP contribution in [0.3, 0.4) is 0 Å². The van der Waals surface area contributed by atoms with Crippen molar-refractivity contribution in [3.8, 4) is 0 Å². The predicted molar refractivity (Wildman–Crippen MR) is 76.3 cm³/mol. The molecule has 132 valence electrons. The molecule has 0 saturated heterocycles. The Labute approximate surface area is 133 Å². The highest BCUT2D eigenvalue weighted by Crippen LogP contribution is 2.35. The normalized spacial score (nSPS) is 23.2.